The van der Waals surface area contributed by atoms with Crippen LogP contribution in [0.25, 0.3) is 6.08 Å². The van der Waals surface area contributed by atoms with E-state index in [9.17, 15) is 9.59 Å². The normalized spacial score (nSPS) is 15.1. The number of hydrogen-bond donors (Lipinski definition) is 0. The Labute approximate surface area is 236 Å². The van der Waals surface area contributed by atoms with E-state index >= 15 is 0 Å². The fourth-order valence-corrected chi connectivity index (χ4v) is 4.98. The van der Waals surface area contributed by atoms with E-state index in [2.05, 4.69) is 0 Å². The third-order valence-electron chi connectivity index (χ3n) is 5.56. The van der Waals surface area contributed by atoms with Crippen molar-refractivity contribution in [3.05, 3.63) is 87.8 Å². The van der Waals surface area contributed by atoms with Crippen molar-refractivity contribution in [1.82, 2.24) is 4.90 Å². The van der Waals surface area contributed by atoms with Crippen molar-refractivity contribution < 1.29 is 28.5 Å². The fourth-order valence-electron chi connectivity index (χ4n) is 3.71. The van der Waals surface area contributed by atoms with E-state index in [4.69, 9.17) is 35.5 Å². The molecule has 39 heavy (non-hydrogen) atoms. The van der Waals surface area contributed by atoms with Crippen molar-refractivity contribution in [2.45, 2.75) is 13.5 Å². The van der Waals surface area contributed by atoms with Crippen LogP contribution in [0.15, 0.2) is 76.6 Å². The van der Waals surface area contributed by atoms with Gasteiger partial charge in [-0.1, -0.05) is 41.9 Å². The second kappa shape index (κ2) is 13.2. The number of carbonyl (C=O) groups excluding carboxylic acids is 2. The first-order valence-corrected chi connectivity index (χ1v) is 13.2. The van der Waals surface area contributed by atoms with Crippen LogP contribution in [0.4, 0.5) is 5.69 Å². The summed E-state index contributed by atoms with van der Waals surface area (Å²) in [4.78, 5) is 32.1. The minimum Gasteiger partial charge on any atom is -0.497 e. The smallest absolute Gasteiger partial charge is 0.344 e. The zero-order chi connectivity index (χ0) is 27.8. The Hall–Kier alpha value is -3.95. The summed E-state index contributed by atoms with van der Waals surface area (Å²) >= 11 is 7.74. The minimum atomic E-state index is -0.517. The number of hydrogen-bond acceptors (Lipinski definition) is 8. The predicted octanol–water partition coefficient (Wildman–Crippen LogP) is 6.10. The highest BCUT2D eigenvalue weighted by Gasteiger charge is 2.33. The van der Waals surface area contributed by atoms with E-state index in [1.165, 1.54) is 18.9 Å². The molecule has 0 unspecified atom stereocenters. The average molecular weight is 567 g/mol. The first-order chi connectivity index (χ1) is 18.9. The lowest BCUT2D eigenvalue weighted by Crippen LogP contribution is -2.28. The molecule has 0 aromatic heterocycles. The fraction of sp³-hybridized carbons (Fsp3) is 0.207. The van der Waals surface area contributed by atoms with Crippen LogP contribution in [0.5, 0.6) is 17.2 Å². The van der Waals surface area contributed by atoms with Crippen LogP contribution in [-0.4, -0.2) is 49.4 Å². The van der Waals surface area contributed by atoms with Crippen molar-refractivity contribution in [3.63, 3.8) is 0 Å². The van der Waals surface area contributed by atoms with Crippen molar-refractivity contribution in [2.75, 3.05) is 27.4 Å². The van der Waals surface area contributed by atoms with E-state index in [1.54, 1.807) is 37.1 Å². The molecule has 0 N–H and O–H groups in total. The van der Waals surface area contributed by atoms with Gasteiger partial charge < -0.3 is 18.9 Å². The first kappa shape index (κ1) is 28.1. The van der Waals surface area contributed by atoms with Crippen LogP contribution in [0, 0.1) is 0 Å². The number of rotatable bonds is 10. The summed E-state index contributed by atoms with van der Waals surface area (Å²) in [7, 11) is 3.08. The number of aliphatic imine (C=N–C) groups is 1. The molecule has 3 aromatic carbocycles. The summed E-state index contributed by atoms with van der Waals surface area (Å²) in [6.45, 7) is 1.99. The van der Waals surface area contributed by atoms with Crippen LogP contribution >= 0.6 is 23.4 Å². The summed E-state index contributed by atoms with van der Waals surface area (Å²) in [6, 6.07) is 20.3. The molecule has 0 radical (unpaired) electrons. The molecule has 1 saturated heterocycles. The van der Waals surface area contributed by atoms with E-state index < -0.39 is 5.97 Å². The molecule has 1 fully saturated rings. The number of amidine groups is 1. The van der Waals surface area contributed by atoms with Gasteiger partial charge in [-0.25, -0.2) is 9.79 Å². The van der Waals surface area contributed by atoms with Crippen LogP contribution in [0.2, 0.25) is 5.02 Å². The monoisotopic (exact) mass is 566 g/mol. The lowest BCUT2D eigenvalue weighted by molar-refractivity contribution is -0.145. The molecular formula is C29H27ClN2O6S. The molecule has 202 valence electrons. The molecule has 1 amide bonds. The minimum absolute atomic E-state index is 0.191. The van der Waals surface area contributed by atoms with Gasteiger partial charge in [0.1, 0.15) is 5.75 Å². The van der Waals surface area contributed by atoms with Gasteiger partial charge in [0, 0.05) is 0 Å². The molecule has 1 heterocycles. The summed E-state index contributed by atoms with van der Waals surface area (Å²) < 4.78 is 21.1. The summed E-state index contributed by atoms with van der Waals surface area (Å²) in [5.41, 5.74) is 2.29. The van der Waals surface area contributed by atoms with Gasteiger partial charge >= 0.3 is 5.97 Å². The third-order valence-corrected chi connectivity index (χ3v) is 6.85. The van der Waals surface area contributed by atoms with Gasteiger partial charge in [-0.15, -0.1) is 0 Å². The molecule has 0 spiro atoms. The van der Waals surface area contributed by atoms with Crippen molar-refractivity contribution in [1.29, 1.82) is 0 Å². The highest BCUT2D eigenvalue weighted by atomic mass is 35.5. The van der Waals surface area contributed by atoms with Crippen LogP contribution in [-0.2, 0) is 20.9 Å². The van der Waals surface area contributed by atoms with Crippen LogP contribution in [0.3, 0.4) is 0 Å². The zero-order valence-corrected chi connectivity index (χ0v) is 23.3. The molecule has 0 atom stereocenters. The lowest BCUT2D eigenvalue weighted by Gasteiger charge is -2.16. The van der Waals surface area contributed by atoms with E-state index in [0.717, 1.165) is 17.0 Å². The third kappa shape index (κ3) is 7.13. The van der Waals surface area contributed by atoms with Crippen LogP contribution < -0.4 is 14.2 Å². The summed E-state index contributed by atoms with van der Waals surface area (Å²) in [5.74, 6) is 0.565. The second-order valence-corrected chi connectivity index (χ2v) is 9.62. The molecule has 8 nitrogen and oxygen atoms in total. The first-order valence-electron chi connectivity index (χ1n) is 12.1. The highest BCUT2D eigenvalue weighted by molar-refractivity contribution is 8.18. The number of benzene rings is 3. The Balaban J connectivity index is 1.64. The molecule has 3 aromatic rings. The Bertz CT molecular complexity index is 1390. The number of halogens is 1. The quantitative estimate of drug-likeness (QED) is 0.216. The lowest BCUT2D eigenvalue weighted by atomic mass is 10.1. The molecule has 0 aliphatic carbocycles. The number of carbonyl (C=O) groups is 2. The maximum absolute atomic E-state index is 13.6. The number of nitrogens with zero attached hydrogens (tertiary/aromatic N) is 2. The molecule has 1 aliphatic heterocycles. The van der Waals surface area contributed by atoms with Crippen molar-refractivity contribution in [3.8, 4) is 17.2 Å². The Morgan fingerprint density at radius 2 is 1.79 bits per heavy atom. The van der Waals surface area contributed by atoms with Gasteiger partial charge in [-0.3, -0.25) is 9.69 Å². The average Bonchev–Trinajstić information content (AvgIpc) is 3.22. The number of ether oxygens (including phenoxy) is 4. The number of methoxy groups -OCH3 is 2. The molecule has 0 bridgehead atoms. The van der Waals surface area contributed by atoms with Gasteiger partial charge in [0.2, 0.25) is 0 Å². The van der Waals surface area contributed by atoms with Gasteiger partial charge in [0.25, 0.3) is 5.91 Å². The van der Waals surface area contributed by atoms with Crippen molar-refractivity contribution >= 4 is 52.2 Å². The number of amides is 1. The summed E-state index contributed by atoms with van der Waals surface area (Å²) in [5, 5.41) is 0.787. The topological polar surface area (TPSA) is 86.7 Å². The molecule has 4 rings (SSSR count). The Morgan fingerprint density at radius 1 is 1.05 bits per heavy atom. The largest absolute Gasteiger partial charge is 0.497 e. The molecule has 0 saturated carbocycles. The predicted molar refractivity (Wildman–Crippen MR) is 153 cm³/mol. The van der Waals surface area contributed by atoms with E-state index in [1.807, 2.05) is 54.6 Å². The molecule has 10 heteroatoms. The van der Waals surface area contributed by atoms with Gasteiger partial charge in [0.15, 0.2) is 23.3 Å². The number of para-hydroxylation sites is 1. The maximum Gasteiger partial charge on any atom is 0.344 e. The number of thioether (sulfide) groups is 1. The molecule has 1 aliphatic rings. The Morgan fingerprint density at radius 3 is 2.46 bits per heavy atom. The summed E-state index contributed by atoms with van der Waals surface area (Å²) in [6.07, 6.45) is 1.73. The van der Waals surface area contributed by atoms with Gasteiger partial charge in [-0.2, -0.15) is 0 Å². The van der Waals surface area contributed by atoms with Crippen molar-refractivity contribution in [2.24, 2.45) is 4.99 Å². The van der Waals surface area contributed by atoms with Gasteiger partial charge in [0.05, 0.1) is 43.0 Å². The highest BCUT2D eigenvalue weighted by Crippen LogP contribution is 2.40. The Kier molecular flexibility index (Phi) is 9.51. The standard InChI is InChI=1S/C29H27ClN2O6S/c1-4-37-26(33)18-38-27-23(30)14-20(15-24(27)36-3)16-25-28(34)32(17-19-10-12-22(35-2)13-11-19)29(39-25)31-21-8-6-5-7-9-21/h5-16H,4,17-18H2,1-3H3/b25-16-,31-29?. The van der Waals surface area contributed by atoms with Crippen LogP contribution in [0.1, 0.15) is 18.1 Å². The van der Waals surface area contributed by atoms with Gasteiger partial charge in [-0.05, 0) is 72.3 Å². The van der Waals surface area contributed by atoms with E-state index in [-0.39, 0.29) is 29.9 Å². The zero-order valence-electron chi connectivity index (χ0n) is 21.7. The second-order valence-electron chi connectivity index (χ2n) is 8.21. The maximum atomic E-state index is 13.6. The number of esters is 1. The molecular weight excluding hydrogens is 540 g/mol. The van der Waals surface area contributed by atoms with E-state index in [0.29, 0.717) is 27.9 Å². The SMILES string of the molecule is CCOC(=O)COc1c(Cl)cc(/C=C2\SC(=Nc3ccccc3)N(Cc3ccc(OC)cc3)C2=O)cc1OC.